The van der Waals surface area contributed by atoms with E-state index in [1.807, 2.05) is 4.57 Å². The second-order valence-electron chi connectivity index (χ2n) is 4.75. The van der Waals surface area contributed by atoms with Crippen LogP contribution < -0.4 is 4.80 Å². The zero-order chi connectivity index (χ0) is 17.1. The number of hydrogen-bond donors (Lipinski definition) is 0. The van der Waals surface area contributed by atoms with Gasteiger partial charge in [0.1, 0.15) is 0 Å². The Labute approximate surface area is 140 Å². The zero-order valence-corrected chi connectivity index (χ0v) is 13.6. The highest BCUT2D eigenvalue weighted by atomic mass is 32.1. The predicted octanol–water partition coefficient (Wildman–Crippen LogP) is 2.40. The van der Waals surface area contributed by atoms with Gasteiger partial charge in [-0.2, -0.15) is 4.99 Å². The smallest absolute Gasteiger partial charge is 0.337 e. The van der Waals surface area contributed by atoms with Gasteiger partial charge in [0.05, 0.1) is 29.1 Å². The van der Waals surface area contributed by atoms with Gasteiger partial charge < -0.3 is 13.8 Å². The molecule has 2 heterocycles. The van der Waals surface area contributed by atoms with Crippen LogP contribution in [-0.4, -0.2) is 28.7 Å². The number of aromatic nitrogens is 2. The number of carbonyl (C=O) groups excluding carboxylic acids is 2. The molecular weight excluding hydrogens is 330 g/mol. The number of esters is 1. The first kappa shape index (κ1) is 15.9. The molecule has 3 aromatic rings. The van der Waals surface area contributed by atoms with Gasteiger partial charge in [0, 0.05) is 12.6 Å². The molecule has 0 spiro atoms. The minimum atomic E-state index is -0.523. The summed E-state index contributed by atoms with van der Waals surface area (Å²) in [5.74, 6) is -0.880. The molecule has 0 aliphatic rings. The average molecular weight is 343 g/mol. The maximum atomic E-state index is 12.1. The van der Waals surface area contributed by atoms with Crippen molar-refractivity contribution in [3.8, 4) is 0 Å². The maximum absolute atomic E-state index is 12.1. The fourth-order valence-electron chi connectivity index (χ4n) is 2.18. The van der Waals surface area contributed by atoms with Gasteiger partial charge in [0.2, 0.25) is 5.76 Å². The Kier molecular flexibility index (Phi) is 4.39. The van der Waals surface area contributed by atoms with Crippen LogP contribution in [0.15, 0.2) is 52.6 Å². The van der Waals surface area contributed by atoms with Crippen LogP contribution in [0.25, 0.3) is 10.2 Å². The molecule has 0 unspecified atom stereocenters. The van der Waals surface area contributed by atoms with Crippen LogP contribution >= 0.6 is 11.3 Å². The van der Waals surface area contributed by atoms with E-state index in [9.17, 15) is 9.59 Å². The van der Waals surface area contributed by atoms with E-state index in [1.165, 1.54) is 30.7 Å². The van der Waals surface area contributed by atoms with Gasteiger partial charge >= 0.3 is 11.9 Å². The summed E-state index contributed by atoms with van der Waals surface area (Å²) in [5.41, 5.74) is 1.28. The normalized spacial score (nSPS) is 11.6. The number of nitrogens with zero attached hydrogens (tertiary/aromatic N) is 3. The van der Waals surface area contributed by atoms with E-state index >= 15 is 0 Å². The summed E-state index contributed by atoms with van der Waals surface area (Å²) in [5, 5.41) is 3.50. The van der Waals surface area contributed by atoms with E-state index in [4.69, 9.17) is 9.26 Å². The fourth-order valence-corrected chi connectivity index (χ4v) is 3.25. The molecule has 1 amide bonds. The third-order valence-corrected chi connectivity index (χ3v) is 4.30. The average Bonchev–Trinajstić information content (AvgIpc) is 3.23. The van der Waals surface area contributed by atoms with Crippen LogP contribution in [0.5, 0.6) is 0 Å². The van der Waals surface area contributed by atoms with Gasteiger partial charge in [-0.25, -0.2) is 4.79 Å². The number of methoxy groups -OCH3 is 1. The number of fused-ring (bicyclic) bond motifs is 1. The molecule has 1 aromatic carbocycles. The molecule has 8 heteroatoms. The topological polar surface area (TPSA) is 86.7 Å². The molecule has 24 heavy (non-hydrogen) atoms. The predicted molar refractivity (Wildman–Crippen MR) is 87.7 cm³/mol. The van der Waals surface area contributed by atoms with Crippen molar-refractivity contribution in [2.24, 2.45) is 4.99 Å². The highest BCUT2D eigenvalue weighted by Crippen LogP contribution is 2.20. The number of allylic oxidation sites excluding steroid dienone is 1. The quantitative estimate of drug-likeness (QED) is 0.536. The lowest BCUT2D eigenvalue weighted by Gasteiger charge is -2.02. The zero-order valence-electron chi connectivity index (χ0n) is 12.8. The number of rotatable bonds is 4. The second kappa shape index (κ2) is 6.63. The minimum absolute atomic E-state index is 0.0628. The Morgan fingerprint density at radius 1 is 1.46 bits per heavy atom. The van der Waals surface area contributed by atoms with E-state index in [0.717, 1.165) is 10.2 Å². The highest BCUT2D eigenvalue weighted by molar-refractivity contribution is 7.16. The summed E-state index contributed by atoms with van der Waals surface area (Å²) in [6.45, 7) is 4.20. The van der Waals surface area contributed by atoms with Crippen molar-refractivity contribution in [2.45, 2.75) is 6.54 Å². The summed E-state index contributed by atoms with van der Waals surface area (Å²) in [6.07, 6.45) is 3.09. The molecule has 0 saturated heterocycles. The molecule has 0 radical (unpaired) electrons. The first-order valence-corrected chi connectivity index (χ1v) is 7.78. The van der Waals surface area contributed by atoms with Crippen molar-refractivity contribution in [1.29, 1.82) is 0 Å². The van der Waals surface area contributed by atoms with E-state index in [0.29, 0.717) is 16.9 Å². The van der Waals surface area contributed by atoms with Crippen molar-refractivity contribution in [3.63, 3.8) is 0 Å². The molecule has 3 rings (SSSR count). The lowest BCUT2D eigenvalue weighted by molar-refractivity contribution is 0.0601. The molecular formula is C16H13N3O4S. The lowest BCUT2D eigenvalue weighted by atomic mass is 10.2. The minimum Gasteiger partial charge on any atom is -0.465 e. The third-order valence-electron chi connectivity index (χ3n) is 3.26. The monoisotopic (exact) mass is 343 g/mol. The maximum Gasteiger partial charge on any atom is 0.337 e. The Bertz CT molecular complexity index is 983. The van der Waals surface area contributed by atoms with Crippen LogP contribution in [0, 0.1) is 0 Å². The van der Waals surface area contributed by atoms with E-state index in [-0.39, 0.29) is 5.76 Å². The largest absolute Gasteiger partial charge is 0.465 e. The first-order chi connectivity index (χ1) is 11.6. The number of benzene rings is 1. The number of amides is 1. The highest BCUT2D eigenvalue weighted by Gasteiger charge is 2.13. The molecule has 0 aliphatic carbocycles. The second-order valence-corrected chi connectivity index (χ2v) is 5.76. The molecule has 7 nitrogen and oxygen atoms in total. The SMILES string of the molecule is C=CCn1c(=NC(=O)c2ccno2)sc2cc(C(=O)OC)ccc21. The van der Waals surface area contributed by atoms with Gasteiger partial charge in [-0.05, 0) is 18.2 Å². The standard InChI is InChI=1S/C16H13N3O4S/c1-3-8-19-11-5-4-10(15(21)22-2)9-13(11)24-16(19)18-14(20)12-6-7-17-23-12/h3-7,9H,1,8H2,2H3. The van der Waals surface area contributed by atoms with Crippen LogP contribution in [-0.2, 0) is 11.3 Å². The molecule has 0 saturated carbocycles. The molecule has 0 atom stereocenters. The molecule has 0 fully saturated rings. The molecule has 0 N–H and O–H groups in total. The third kappa shape index (κ3) is 2.91. The van der Waals surface area contributed by atoms with Gasteiger partial charge in [-0.1, -0.05) is 22.6 Å². The Hall–Kier alpha value is -3.00. The first-order valence-electron chi connectivity index (χ1n) is 6.96. The van der Waals surface area contributed by atoms with E-state index < -0.39 is 11.9 Å². The summed E-state index contributed by atoms with van der Waals surface area (Å²) in [7, 11) is 1.33. The Balaban J connectivity index is 2.16. The van der Waals surface area contributed by atoms with Crippen LogP contribution in [0.2, 0.25) is 0 Å². The van der Waals surface area contributed by atoms with Gasteiger partial charge in [-0.15, -0.1) is 6.58 Å². The molecule has 2 aromatic heterocycles. The lowest BCUT2D eigenvalue weighted by Crippen LogP contribution is -2.16. The van der Waals surface area contributed by atoms with Crippen LogP contribution in [0.3, 0.4) is 0 Å². The molecule has 0 bridgehead atoms. The fraction of sp³-hybridized carbons (Fsp3) is 0.125. The van der Waals surface area contributed by atoms with Crippen molar-refractivity contribution in [3.05, 3.63) is 59.2 Å². The van der Waals surface area contributed by atoms with Crippen LogP contribution in [0.1, 0.15) is 20.9 Å². The summed E-state index contributed by atoms with van der Waals surface area (Å²) < 4.78 is 12.2. The summed E-state index contributed by atoms with van der Waals surface area (Å²) in [4.78, 5) is 28.4. The number of hydrogen-bond acceptors (Lipinski definition) is 6. The Morgan fingerprint density at radius 3 is 2.96 bits per heavy atom. The van der Waals surface area contributed by atoms with Crippen molar-refractivity contribution >= 4 is 33.4 Å². The van der Waals surface area contributed by atoms with Crippen LogP contribution in [0.4, 0.5) is 0 Å². The number of thiazole rings is 1. The van der Waals surface area contributed by atoms with Gasteiger partial charge in [0.15, 0.2) is 4.80 Å². The van der Waals surface area contributed by atoms with Gasteiger partial charge in [-0.3, -0.25) is 4.79 Å². The molecule has 122 valence electrons. The summed E-state index contributed by atoms with van der Waals surface area (Å²) in [6, 6.07) is 6.62. The van der Waals surface area contributed by atoms with Crippen molar-refractivity contribution in [2.75, 3.05) is 7.11 Å². The van der Waals surface area contributed by atoms with Gasteiger partial charge in [0.25, 0.3) is 0 Å². The van der Waals surface area contributed by atoms with Crippen molar-refractivity contribution in [1.82, 2.24) is 9.72 Å². The van der Waals surface area contributed by atoms with E-state index in [2.05, 4.69) is 16.7 Å². The molecule has 0 aliphatic heterocycles. The Morgan fingerprint density at radius 2 is 2.29 bits per heavy atom. The number of ether oxygens (including phenoxy) is 1. The summed E-state index contributed by atoms with van der Waals surface area (Å²) >= 11 is 1.29. The van der Waals surface area contributed by atoms with E-state index in [1.54, 1.807) is 24.3 Å². The number of carbonyl (C=O) groups is 2. The van der Waals surface area contributed by atoms with Crippen molar-refractivity contribution < 1.29 is 18.8 Å².